The number of phosphoric ester groups is 2. The van der Waals surface area contributed by atoms with Crippen molar-refractivity contribution in [3.8, 4) is 0 Å². The Morgan fingerprint density at radius 2 is 0.571 bits per heavy atom. The zero-order valence-corrected chi connectivity index (χ0v) is 63.5. The minimum atomic E-state index is -4.99. The quantitative estimate of drug-likeness (QED) is 0.0169. The van der Waals surface area contributed by atoms with Gasteiger partial charge in [0.15, 0.2) is 12.2 Å². The third-order valence-corrected chi connectivity index (χ3v) is 18.0. The van der Waals surface area contributed by atoms with Crippen LogP contribution in [0.3, 0.4) is 0 Å². The molecule has 0 bridgehead atoms. The summed E-state index contributed by atoms with van der Waals surface area (Å²) in [7, 11) is -9.97. The van der Waals surface area contributed by atoms with E-state index in [1.807, 2.05) is 18.2 Å². The number of allylic oxidation sites excluding steroid dienone is 15. The molecule has 0 aromatic carbocycles. The fourth-order valence-corrected chi connectivity index (χ4v) is 11.8. The van der Waals surface area contributed by atoms with Gasteiger partial charge >= 0.3 is 39.5 Å². The number of esters is 4. The van der Waals surface area contributed by atoms with Crippen LogP contribution in [-0.4, -0.2) is 96.7 Å². The van der Waals surface area contributed by atoms with Crippen LogP contribution in [0, 0.1) is 0 Å². The van der Waals surface area contributed by atoms with Crippen LogP contribution in [0.5, 0.6) is 0 Å². The third-order valence-electron chi connectivity index (χ3n) is 16.1. The van der Waals surface area contributed by atoms with Gasteiger partial charge in [-0.2, -0.15) is 0 Å². The molecule has 0 spiro atoms. The summed E-state index contributed by atoms with van der Waals surface area (Å²) in [5, 5.41) is 10.6. The molecule has 566 valence electrons. The summed E-state index contributed by atoms with van der Waals surface area (Å²) in [5.74, 6) is -2.33. The molecule has 19 heteroatoms. The van der Waals surface area contributed by atoms with E-state index in [2.05, 4.69) is 101 Å². The van der Waals surface area contributed by atoms with Crippen molar-refractivity contribution in [2.45, 2.75) is 341 Å². The number of phosphoric acid groups is 2. The van der Waals surface area contributed by atoms with Crippen molar-refractivity contribution in [2.75, 3.05) is 39.6 Å². The minimum absolute atomic E-state index is 0.0690. The van der Waals surface area contributed by atoms with E-state index < -0.39 is 97.5 Å². The molecule has 3 N–H and O–H groups in total. The first kappa shape index (κ1) is 94.0. The van der Waals surface area contributed by atoms with Crippen LogP contribution in [-0.2, 0) is 65.4 Å². The normalized spacial score (nSPS) is 14.5. The second-order valence-electron chi connectivity index (χ2n) is 25.6. The first-order valence-electron chi connectivity index (χ1n) is 38.5. The highest BCUT2D eigenvalue weighted by molar-refractivity contribution is 7.47. The lowest BCUT2D eigenvalue weighted by Crippen LogP contribution is -2.30. The van der Waals surface area contributed by atoms with Crippen LogP contribution >= 0.6 is 15.6 Å². The lowest BCUT2D eigenvalue weighted by molar-refractivity contribution is -0.161. The lowest BCUT2D eigenvalue weighted by atomic mass is 10.0. The van der Waals surface area contributed by atoms with E-state index in [4.69, 9.17) is 37.0 Å². The van der Waals surface area contributed by atoms with Gasteiger partial charge in [-0.1, -0.05) is 285 Å². The van der Waals surface area contributed by atoms with Gasteiger partial charge in [0.2, 0.25) is 0 Å². The van der Waals surface area contributed by atoms with Gasteiger partial charge in [-0.05, 0) is 109 Å². The number of carbonyl (C=O) groups excluding carboxylic acids is 4. The average Bonchev–Trinajstić information content (AvgIpc) is 0.959. The fraction of sp³-hybridized carbons (Fsp3) is 0.747. The Morgan fingerprint density at radius 3 is 0.939 bits per heavy atom. The van der Waals surface area contributed by atoms with Gasteiger partial charge in [0, 0.05) is 19.3 Å². The summed E-state index contributed by atoms with van der Waals surface area (Å²) in [5.41, 5.74) is 0. The lowest BCUT2D eigenvalue weighted by Gasteiger charge is -2.21. The molecular formula is C79H138O17P2. The van der Waals surface area contributed by atoms with Gasteiger partial charge in [0.05, 0.1) is 32.8 Å². The maximum Gasteiger partial charge on any atom is 0.472 e. The minimum Gasteiger partial charge on any atom is -0.462 e. The topological polar surface area (TPSA) is 237 Å². The van der Waals surface area contributed by atoms with E-state index in [1.54, 1.807) is 6.08 Å². The average molecular weight is 1420 g/mol. The molecule has 0 aliphatic heterocycles. The molecule has 0 saturated carbocycles. The third kappa shape index (κ3) is 70.4. The molecule has 0 rings (SSSR count). The second-order valence-corrected chi connectivity index (χ2v) is 28.5. The number of aliphatic hydroxyl groups excluding tert-OH is 1. The molecule has 0 aliphatic carbocycles. The van der Waals surface area contributed by atoms with Crippen molar-refractivity contribution in [3.63, 3.8) is 0 Å². The van der Waals surface area contributed by atoms with Crippen molar-refractivity contribution in [3.05, 3.63) is 97.2 Å². The molecule has 0 amide bonds. The predicted octanol–water partition coefficient (Wildman–Crippen LogP) is 22.0. The number of carbonyl (C=O) groups is 4. The molecule has 5 atom stereocenters. The summed E-state index contributed by atoms with van der Waals surface area (Å²) in [4.78, 5) is 72.8. The predicted molar refractivity (Wildman–Crippen MR) is 399 cm³/mol. The largest absolute Gasteiger partial charge is 0.472 e. The number of ether oxygens (including phenoxy) is 4. The summed E-state index contributed by atoms with van der Waals surface area (Å²) in [6.07, 6.45) is 74.2. The zero-order valence-electron chi connectivity index (χ0n) is 61.7. The van der Waals surface area contributed by atoms with Crippen LogP contribution in [0.2, 0.25) is 0 Å². The van der Waals surface area contributed by atoms with Crippen LogP contribution < -0.4 is 0 Å². The molecule has 5 unspecified atom stereocenters. The molecule has 0 aliphatic rings. The van der Waals surface area contributed by atoms with Crippen LogP contribution in [0.15, 0.2) is 97.2 Å². The molecule has 0 radical (unpaired) electrons. The number of hydrogen-bond donors (Lipinski definition) is 3. The van der Waals surface area contributed by atoms with Gasteiger partial charge in [-0.15, -0.1) is 0 Å². The Balaban J connectivity index is 5.41. The van der Waals surface area contributed by atoms with Gasteiger partial charge in [0.1, 0.15) is 19.3 Å². The van der Waals surface area contributed by atoms with Crippen molar-refractivity contribution in [1.82, 2.24) is 0 Å². The van der Waals surface area contributed by atoms with Gasteiger partial charge < -0.3 is 33.8 Å². The maximum absolute atomic E-state index is 13.1. The SMILES string of the molecule is CC/C=C\C/C=C\C/C=C\C/C=C\C/C=C\CC(=O)OCC(COP(=O)(O)OCC(O)COP(=O)(O)OCC(COC(=O)CCCCCCC/C=C\C/C=C\CCCCC)OC(=O)CCCCCCC/C=C\CCCCCCCC)OC(=O)CCCCCCCCCCCCCCC. The number of hydrogen-bond acceptors (Lipinski definition) is 15. The smallest absolute Gasteiger partial charge is 0.462 e. The molecule has 17 nitrogen and oxygen atoms in total. The molecule has 0 saturated heterocycles. The Morgan fingerprint density at radius 1 is 0.306 bits per heavy atom. The Kier molecular flexibility index (Phi) is 68.4. The van der Waals surface area contributed by atoms with E-state index in [9.17, 15) is 43.2 Å². The first-order valence-corrected chi connectivity index (χ1v) is 41.5. The van der Waals surface area contributed by atoms with E-state index in [0.29, 0.717) is 25.7 Å². The molecule has 0 fully saturated rings. The zero-order chi connectivity index (χ0) is 71.8. The van der Waals surface area contributed by atoms with Crippen molar-refractivity contribution in [1.29, 1.82) is 0 Å². The summed E-state index contributed by atoms with van der Waals surface area (Å²) in [6.45, 7) is 4.62. The molecule has 98 heavy (non-hydrogen) atoms. The molecule has 0 aromatic heterocycles. The van der Waals surface area contributed by atoms with Gasteiger partial charge in [0.25, 0.3) is 0 Å². The van der Waals surface area contributed by atoms with Crippen LogP contribution in [0.1, 0.15) is 323 Å². The highest BCUT2D eigenvalue weighted by Crippen LogP contribution is 2.45. The van der Waals surface area contributed by atoms with E-state index in [0.717, 1.165) is 135 Å². The van der Waals surface area contributed by atoms with Crippen LogP contribution in [0.4, 0.5) is 0 Å². The molecule has 0 heterocycles. The monoisotopic (exact) mass is 1420 g/mol. The summed E-state index contributed by atoms with van der Waals surface area (Å²) >= 11 is 0. The fourth-order valence-electron chi connectivity index (χ4n) is 10.2. The van der Waals surface area contributed by atoms with Gasteiger partial charge in [-0.3, -0.25) is 37.3 Å². The standard InChI is InChI=1S/C79H138O17P2/c1-5-9-13-17-21-25-29-33-36-40-43-47-51-55-59-63-76(81)89-69-74(95-78(83)65-61-57-53-49-45-39-32-28-24-20-16-12-8-4)71-93-97(85,86)91-67-73(80)68-92-98(87,88)94-72-75(96-79(84)66-62-58-54-50-46-42-38-35-31-27-23-19-15-11-7-3)70-90-77(82)64-60-56-52-48-44-41-37-34-30-26-22-18-14-10-6-2/h9,13,21-22,25-26,33-38,43,47,55,59,73-75,80H,5-8,10-12,14-20,23-24,27-32,39-42,44-46,48-54,56-58,60-72H2,1-4H3,(H,85,86)(H,87,88)/b13-9-,25-21-,26-22-,36-33-,37-34-,38-35-,47-43-,59-55-. The summed E-state index contributed by atoms with van der Waals surface area (Å²) in [6, 6.07) is 0. The van der Waals surface area contributed by atoms with E-state index >= 15 is 0 Å². The van der Waals surface area contributed by atoms with Gasteiger partial charge in [-0.25, -0.2) is 9.13 Å². The molecular weight excluding hydrogens is 1280 g/mol. The molecule has 0 aromatic rings. The van der Waals surface area contributed by atoms with Crippen molar-refractivity contribution in [2.24, 2.45) is 0 Å². The number of rotatable bonds is 72. The Hall–Kier alpha value is -4.02. The van der Waals surface area contributed by atoms with Crippen molar-refractivity contribution >= 4 is 39.5 Å². The second kappa shape index (κ2) is 71.4. The number of aliphatic hydroxyl groups is 1. The maximum atomic E-state index is 13.1. The first-order chi connectivity index (χ1) is 47.7. The number of unbranched alkanes of at least 4 members (excludes halogenated alkanes) is 31. The highest BCUT2D eigenvalue weighted by Gasteiger charge is 2.30. The van der Waals surface area contributed by atoms with Crippen molar-refractivity contribution < 1.29 is 80.2 Å². The Labute approximate surface area is 595 Å². The van der Waals surface area contributed by atoms with Crippen LogP contribution in [0.25, 0.3) is 0 Å². The van der Waals surface area contributed by atoms with E-state index in [-0.39, 0.29) is 25.7 Å². The highest BCUT2D eigenvalue weighted by atomic mass is 31.2. The van der Waals surface area contributed by atoms with E-state index in [1.165, 1.54) is 109 Å². The summed E-state index contributed by atoms with van der Waals surface area (Å²) < 4.78 is 68.3. The Bertz CT molecular complexity index is 2240.